The molecule has 2 heterocycles. The number of aromatic nitrogens is 1. The smallest absolute Gasteiger partial charge is 0.0564 e. The fraction of sp³-hybridized carbons (Fsp3) is 0.688. The number of rotatable bonds is 3. The van der Waals surface area contributed by atoms with Gasteiger partial charge in [0.25, 0.3) is 0 Å². The number of anilines is 1. The molecule has 1 N–H and O–H groups in total. The Kier molecular flexibility index (Phi) is 3.74. The largest absolute Gasteiger partial charge is 0.388 e. The summed E-state index contributed by atoms with van der Waals surface area (Å²) in [6.07, 6.45) is 10.6. The Bertz CT molecular complexity index is 414. The second kappa shape index (κ2) is 5.49. The Morgan fingerprint density at radius 1 is 1.21 bits per heavy atom. The van der Waals surface area contributed by atoms with E-state index in [4.69, 9.17) is 0 Å². The molecule has 0 unspecified atom stereocenters. The Labute approximate surface area is 116 Å². The highest BCUT2D eigenvalue weighted by Crippen LogP contribution is 2.46. The summed E-state index contributed by atoms with van der Waals surface area (Å²) in [5.41, 5.74) is 3.07. The van der Waals surface area contributed by atoms with Crippen molar-refractivity contribution < 1.29 is 0 Å². The van der Waals surface area contributed by atoms with Crippen molar-refractivity contribution in [3.8, 4) is 0 Å². The summed E-state index contributed by atoms with van der Waals surface area (Å²) in [5, 5.41) is 3.19. The van der Waals surface area contributed by atoms with Crippen LogP contribution in [0.5, 0.6) is 0 Å². The van der Waals surface area contributed by atoms with Gasteiger partial charge in [-0.15, -0.1) is 0 Å². The number of piperidine rings is 1. The maximum absolute atomic E-state index is 4.49. The molecule has 0 bridgehead atoms. The number of hydrogen-bond donors (Lipinski definition) is 1. The molecule has 19 heavy (non-hydrogen) atoms. The van der Waals surface area contributed by atoms with Crippen molar-refractivity contribution in [2.45, 2.75) is 45.1 Å². The first-order valence-corrected chi connectivity index (χ1v) is 7.65. The number of nitrogens with one attached hydrogen (secondary N) is 1. The van der Waals surface area contributed by atoms with E-state index in [1.165, 1.54) is 57.3 Å². The van der Waals surface area contributed by atoms with Gasteiger partial charge < -0.3 is 5.32 Å². The molecule has 3 rings (SSSR count). The van der Waals surface area contributed by atoms with Gasteiger partial charge in [-0.1, -0.05) is 12.8 Å². The first kappa shape index (κ1) is 12.9. The topological polar surface area (TPSA) is 28.2 Å². The summed E-state index contributed by atoms with van der Waals surface area (Å²) in [5.74, 6) is 0. The number of nitrogens with zero attached hydrogens (tertiary/aromatic N) is 2. The fourth-order valence-corrected chi connectivity index (χ4v) is 3.76. The van der Waals surface area contributed by atoms with Gasteiger partial charge in [-0.25, -0.2) is 0 Å². The molecule has 2 aliphatic rings. The first-order chi connectivity index (χ1) is 9.30. The minimum Gasteiger partial charge on any atom is -0.388 e. The van der Waals surface area contributed by atoms with Crippen molar-refractivity contribution >= 4 is 5.69 Å². The van der Waals surface area contributed by atoms with E-state index in [0.29, 0.717) is 0 Å². The number of hydrogen-bond acceptors (Lipinski definition) is 3. The third-order valence-corrected chi connectivity index (χ3v) is 5.07. The van der Waals surface area contributed by atoms with Crippen LogP contribution in [0.2, 0.25) is 0 Å². The van der Waals surface area contributed by atoms with Crippen LogP contribution in [-0.2, 0) is 6.54 Å². The molecule has 3 nitrogen and oxygen atoms in total. The van der Waals surface area contributed by atoms with E-state index < -0.39 is 0 Å². The summed E-state index contributed by atoms with van der Waals surface area (Å²) >= 11 is 0. The lowest BCUT2D eigenvalue weighted by Gasteiger charge is -2.39. The molecular formula is C16H25N3. The molecule has 2 fully saturated rings. The SMILES string of the molecule is CNc1ccnc(CN2CCC3(CCCC3)CC2)c1. The molecule has 1 aliphatic carbocycles. The highest BCUT2D eigenvalue weighted by Gasteiger charge is 2.36. The summed E-state index contributed by atoms with van der Waals surface area (Å²) in [4.78, 5) is 7.06. The molecule has 1 saturated carbocycles. The van der Waals surface area contributed by atoms with Gasteiger partial charge in [0.2, 0.25) is 0 Å². The van der Waals surface area contributed by atoms with Gasteiger partial charge in [-0.2, -0.15) is 0 Å². The quantitative estimate of drug-likeness (QED) is 0.903. The van der Waals surface area contributed by atoms with Crippen LogP contribution in [0.1, 0.15) is 44.2 Å². The molecule has 0 aromatic carbocycles. The van der Waals surface area contributed by atoms with Gasteiger partial charge in [0, 0.05) is 25.5 Å². The summed E-state index contributed by atoms with van der Waals surface area (Å²) in [7, 11) is 1.96. The van der Waals surface area contributed by atoms with Crippen molar-refractivity contribution in [3.05, 3.63) is 24.0 Å². The zero-order valence-electron chi connectivity index (χ0n) is 12.0. The van der Waals surface area contributed by atoms with Gasteiger partial charge in [-0.3, -0.25) is 9.88 Å². The predicted molar refractivity (Wildman–Crippen MR) is 79.2 cm³/mol. The monoisotopic (exact) mass is 259 g/mol. The maximum atomic E-state index is 4.49. The van der Waals surface area contributed by atoms with Gasteiger partial charge in [0.15, 0.2) is 0 Å². The van der Waals surface area contributed by atoms with E-state index in [9.17, 15) is 0 Å². The van der Waals surface area contributed by atoms with Crippen LogP contribution < -0.4 is 5.32 Å². The first-order valence-electron chi connectivity index (χ1n) is 7.65. The van der Waals surface area contributed by atoms with Crippen molar-refractivity contribution in [3.63, 3.8) is 0 Å². The van der Waals surface area contributed by atoms with Crippen LogP contribution in [0.25, 0.3) is 0 Å². The van der Waals surface area contributed by atoms with Crippen molar-refractivity contribution in [1.29, 1.82) is 0 Å². The molecule has 0 amide bonds. The molecular weight excluding hydrogens is 234 g/mol. The van der Waals surface area contributed by atoms with E-state index in [1.54, 1.807) is 0 Å². The van der Waals surface area contributed by atoms with Gasteiger partial charge in [0.05, 0.1) is 5.69 Å². The maximum Gasteiger partial charge on any atom is 0.0564 e. The van der Waals surface area contributed by atoms with Crippen molar-refractivity contribution in [2.75, 3.05) is 25.5 Å². The minimum atomic E-state index is 0.719. The van der Waals surface area contributed by atoms with E-state index >= 15 is 0 Å². The minimum absolute atomic E-state index is 0.719. The molecule has 1 aromatic rings. The summed E-state index contributed by atoms with van der Waals surface area (Å²) in [6.45, 7) is 3.52. The second-order valence-electron chi connectivity index (χ2n) is 6.27. The Balaban J connectivity index is 1.56. The Morgan fingerprint density at radius 3 is 2.63 bits per heavy atom. The third-order valence-electron chi connectivity index (χ3n) is 5.07. The fourth-order valence-electron chi connectivity index (χ4n) is 3.76. The van der Waals surface area contributed by atoms with Crippen LogP contribution in [0.3, 0.4) is 0 Å². The predicted octanol–water partition coefficient (Wildman–Crippen LogP) is 3.28. The average Bonchev–Trinajstić information content (AvgIpc) is 2.90. The summed E-state index contributed by atoms with van der Waals surface area (Å²) in [6, 6.07) is 4.19. The van der Waals surface area contributed by atoms with Gasteiger partial charge in [-0.05, 0) is 56.3 Å². The third kappa shape index (κ3) is 2.92. The summed E-state index contributed by atoms with van der Waals surface area (Å²) < 4.78 is 0. The molecule has 1 saturated heterocycles. The molecule has 1 spiro atoms. The van der Waals surface area contributed by atoms with Crippen LogP contribution >= 0.6 is 0 Å². The second-order valence-corrected chi connectivity index (χ2v) is 6.27. The zero-order chi connectivity index (χ0) is 13.1. The number of pyridine rings is 1. The average molecular weight is 259 g/mol. The van der Waals surface area contributed by atoms with Crippen LogP contribution in [0, 0.1) is 5.41 Å². The molecule has 3 heteroatoms. The lowest BCUT2D eigenvalue weighted by Crippen LogP contribution is -2.38. The van der Waals surface area contributed by atoms with Crippen LogP contribution in [0.4, 0.5) is 5.69 Å². The highest BCUT2D eigenvalue weighted by atomic mass is 15.1. The molecule has 104 valence electrons. The van der Waals surface area contributed by atoms with Gasteiger partial charge in [0.1, 0.15) is 0 Å². The number of likely N-dealkylation sites (tertiary alicyclic amines) is 1. The van der Waals surface area contributed by atoms with Crippen LogP contribution in [0.15, 0.2) is 18.3 Å². The Hall–Kier alpha value is -1.09. The lowest BCUT2D eigenvalue weighted by molar-refractivity contribution is 0.103. The standard InChI is InChI=1S/C16H25N3/c1-17-14-4-9-18-15(12-14)13-19-10-7-16(8-11-19)5-2-3-6-16/h4,9,12H,2-3,5-8,10-11,13H2,1H3,(H,17,18). The molecule has 1 aliphatic heterocycles. The van der Waals surface area contributed by atoms with E-state index in [1.807, 2.05) is 19.3 Å². The zero-order valence-corrected chi connectivity index (χ0v) is 12.0. The Morgan fingerprint density at radius 2 is 1.95 bits per heavy atom. The molecule has 0 radical (unpaired) electrons. The molecule has 0 atom stereocenters. The normalized spacial score (nSPS) is 22.8. The van der Waals surface area contributed by atoms with E-state index in [0.717, 1.165) is 17.6 Å². The van der Waals surface area contributed by atoms with E-state index in [2.05, 4.69) is 21.3 Å². The highest BCUT2D eigenvalue weighted by molar-refractivity contribution is 5.42. The van der Waals surface area contributed by atoms with Crippen LogP contribution in [-0.4, -0.2) is 30.0 Å². The van der Waals surface area contributed by atoms with E-state index in [-0.39, 0.29) is 0 Å². The molecule has 1 aromatic heterocycles. The van der Waals surface area contributed by atoms with Crippen molar-refractivity contribution in [1.82, 2.24) is 9.88 Å². The van der Waals surface area contributed by atoms with Gasteiger partial charge >= 0.3 is 0 Å². The lowest BCUT2D eigenvalue weighted by atomic mass is 9.77. The van der Waals surface area contributed by atoms with Crippen molar-refractivity contribution in [2.24, 2.45) is 5.41 Å².